The maximum Gasteiger partial charge on any atom is 0.281 e. The van der Waals surface area contributed by atoms with Crippen LogP contribution in [0.2, 0.25) is 0 Å². The second-order valence-corrected chi connectivity index (χ2v) is 5.79. The zero-order chi connectivity index (χ0) is 10.6. The van der Waals surface area contributed by atoms with Crippen LogP contribution in [0.4, 0.5) is 0 Å². The van der Waals surface area contributed by atoms with Crippen molar-refractivity contribution in [1.82, 2.24) is 13.9 Å². The lowest BCUT2D eigenvalue weighted by Gasteiger charge is -2.27. The Hall–Kier alpha value is -0.170. The van der Waals surface area contributed by atoms with E-state index in [0.29, 0.717) is 13.1 Å². The van der Waals surface area contributed by atoms with Crippen LogP contribution in [-0.4, -0.2) is 57.3 Å². The van der Waals surface area contributed by atoms with E-state index in [-0.39, 0.29) is 0 Å². The molecule has 0 aromatic carbocycles. The van der Waals surface area contributed by atoms with Gasteiger partial charge in [0, 0.05) is 27.2 Å². The molecule has 1 aliphatic rings. The Balaban J connectivity index is 2.64. The summed E-state index contributed by atoms with van der Waals surface area (Å²) in [5, 5.41) is 3.25. The Kier molecular flexibility index (Phi) is 4.31. The number of nitrogens with one attached hydrogen (secondary N) is 1. The molecule has 5 nitrogen and oxygen atoms in total. The number of hydrogen-bond acceptors (Lipinski definition) is 3. The third-order valence-electron chi connectivity index (χ3n) is 2.31. The molecule has 0 radical (unpaired) electrons. The van der Waals surface area contributed by atoms with Crippen LogP contribution in [0.25, 0.3) is 0 Å². The second-order valence-electron chi connectivity index (χ2n) is 3.65. The van der Waals surface area contributed by atoms with Gasteiger partial charge in [-0.25, -0.2) is 0 Å². The molecule has 0 amide bonds. The lowest BCUT2D eigenvalue weighted by Crippen LogP contribution is -2.43. The summed E-state index contributed by atoms with van der Waals surface area (Å²) in [4.78, 5) is 0. The van der Waals surface area contributed by atoms with Crippen molar-refractivity contribution in [3.63, 3.8) is 0 Å². The van der Waals surface area contributed by atoms with Gasteiger partial charge < -0.3 is 5.32 Å². The first-order valence-electron chi connectivity index (χ1n) is 4.93. The molecule has 6 heteroatoms. The van der Waals surface area contributed by atoms with Crippen LogP contribution in [0.5, 0.6) is 0 Å². The molecule has 0 aromatic heterocycles. The molecule has 1 N–H and O–H groups in total. The minimum atomic E-state index is -3.20. The average Bonchev–Trinajstić information content (AvgIpc) is 2.01. The monoisotopic (exact) mass is 221 g/mol. The fourth-order valence-electron chi connectivity index (χ4n) is 1.46. The first kappa shape index (κ1) is 11.9. The Morgan fingerprint density at radius 1 is 1.14 bits per heavy atom. The minimum absolute atomic E-state index is 0.619. The van der Waals surface area contributed by atoms with Gasteiger partial charge in [0.15, 0.2) is 0 Å². The molecule has 0 unspecified atom stereocenters. The van der Waals surface area contributed by atoms with Crippen molar-refractivity contribution < 1.29 is 8.42 Å². The van der Waals surface area contributed by atoms with Crippen LogP contribution in [0.15, 0.2) is 0 Å². The van der Waals surface area contributed by atoms with E-state index in [1.807, 2.05) is 0 Å². The van der Waals surface area contributed by atoms with E-state index in [4.69, 9.17) is 0 Å². The highest BCUT2D eigenvalue weighted by Gasteiger charge is 2.23. The highest BCUT2D eigenvalue weighted by Crippen LogP contribution is 2.07. The van der Waals surface area contributed by atoms with Gasteiger partial charge in [0.2, 0.25) is 0 Å². The summed E-state index contributed by atoms with van der Waals surface area (Å²) >= 11 is 0. The van der Waals surface area contributed by atoms with E-state index in [1.54, 1.807) is 18.4 Å². The summed E-state index contributed by atoms with van der Waals surface area (Å²) in [5.74, 6) is 0. The van der Waals surface area contributed by atoms with Gasteiger partial charge in [-0.2, -0.15) is 17.0 Å². The smallest absolute Gasteiger partial charge is 0.281 e. The predicted molar refractivity (Wildman–Crippen MR) is 56.3 cm³/mol. The zero-order valence-electron chi connectivity index (χ0n) is 8.86. The van der Waals surface area contributed by atoms with Crippen LogP contribution < -0.4 is 5.32 Å². The number of hydrogen-bond donors (Lipinski definition) is 1. The molecule has 1 saturated heterocycles. The summed E-state index contributed by atoms with van der Waals surface area (Å²) in [7, 11) is -0.0491. The van der Waals surface area contributed by atoms with Crippen LogP contribution in [-0.2, 0) is 10.2 Å². The molecular formula is C8H19N3O2S. The van der Waals surface area contributed by atoms with Gasteiger partial charge in [-0.15, -0.1) is 0 Å². The molecule has 1 rings (SSSR count). The molecular weight excluding hydrogens is 202 g/mol. The van der Waals surface area contributed by atoms with Gasteiger partial charge >= 0.3 is 0 Å². The minimum Gasteiger partial charge on any atom is -0.317 e. The maximum atomic E-state index is 11.8. The molecule has 0 spiro atoms. The fraction of sp³-hybridized carbons (Fsp3) is 1.00. The van der Waals surface area contributed by atoms with Crippen molar-refractivity contribution in [2.24, 2.45) is 0 Å². The van der Waals surface area contributed by atoms with Gasteiger partial charge in [-0.3, -0.25) is 0 Å². The van der Waals surface area contributed by atoms with Gasteiger partial charge in [0.25, 0.3) is 10.2 Å². The second kappa shape index (κ2) is 5.06. The molecule has 1 aliphatic heterocycles. The van der Waals surface area contributed by atoms with E-state index < -0.39 is 10.2 Å². The standard InChI is InChI=1S/C8H19N3O2S/c1-10(2)14(12,13)11-7-3-5-9-6-4-8-11/h9H,3-8H2,1-2H3. The van der Waals surface area contributed by atoms with Gasteiger partial charge in [-0.1, -0.05) is 0 Å². The van der Waals surface area contributed by atoms with E-state index in [2.05, 4.69) is 5.32 Å². The molecule has 0 saturated carbocycles. The van der Waals surface area contributed by atoms with E-state index in [9.17, 15) is 8.42 Å². The Bertz CT molecular complexity index is 256. The van der Waals surface area contributed by atoms with E-state index in [0.717, 1.165) is 25.9 Å². The van der Waals surface area contributed by atoms with Crippen molar-refractivity contribution in [1.29, 1.82) is 0 Å². The Morgan fingerprint density at radius 3 is 2.07 bits per heavy atom. The molecule has 0 aromatic rings. The summed E-state index contributed by atoms with van der Waals surface area (Å²) in [6.07, 6.45) is 1.76. The summed E-state index contributed by atoms with van der Waals surface area (Å²) in [6, 6.07) is 0. The third-order valence-corrected chi connectivity index (χ3v) is 4.25. The first-order valence-corrected chi connectivity index (χ1v) is 6.33. The largest absolute Gasteiger partial charge is 0.317 e. The normalized spacial score (nSPS) is 21.9. The molecule has 0 aliphatic carbocycles. The Morgan fingerprint density at radius 2 is 1.64 bits per heavy atom. The lowest BCUT2D eigenvalue weighted by atomic mass is 10.3. The number of nitrogens with zero attached hydrogens (tertiary/aromatic N) is 2. The molecule has 14 heavy (non-hydrogen) atoms. The average molecular weight is 221 g/mol. The summed E-state index contributed by atoms with van der Waals surface area (Å²) in [5.41, 5.74) is 0. The topological polar surface area (TPSA) is 52.7 Å². The quantitative estimate of drug-likeness (QED) is 0.682. The molecule has 0 bridgehead atoms. The Labute approximate surface area is 86.3 Å². The van der Waals surface area contributed by atoms with E-state index >= 15 is 0 Å². The van der Waals surface area contributed by atoms with Crippen molar-refractivity contribution in [3.8, 4) is 0 Å². The van der Waals surface area contributed by atoms with Crippen LogP contribution in [0.3, 0.4) is 0 Å². The highest BCUT2D eigenvalue weighted by molar-refractivity contribution is 7.86. The van der Waals surface area contributed by atoms with Gasteiger partial charge in [0.1, 0.15) is 0 Å². The van der Waals surface area contributed by atoms with Crippen molar-refractivity contribution >= 4 is 10.2 Å². The SMILES string of the molecule is CN(C)S(=O)(=O)N1CCCNCCC1. The zero-order valence-corrected chi connectivity index (χ0v) is 9.68. The molecule has 84 valence electrons. The van der Waals surface area contributed by atoms with Crippen LogP contribution in [0.1, 0.15) is 12.8 Å². The molecule has 1 heterocycles. The summed E-state index contributed by atoms with van der Waals surface area (Å²) in [6.45, 7) is 3.04. The number of rotatable bonds is 2. The molecule has 0 atom stereocenters. The lowest BCUT2D eigenvalue weighted by molar-refractivity contribution is 0.346. The maximum absolute atomic E-state index is 11.8. The van der Waals surface area contributed by atoms with E-state index in [1.165, 1.54) is 4.31 Å². The third kappa shape index (κ3) is 2.91. The fourth-order valence-corrected chi connectivity index (χ4v) is 2.64. The van der Waals surface area contributed by atoms with Gasteiger partial charge in [-0.05, 0) is 25.9 Å². The van der Waals surface area contributed by atoms with Crippen molar-refractivity contribution in [2.45, 2.75) is 12.8 Å². The van der Waals surface area contributed by atoms with Crippen molar-refractivity contribution in [2.75, 3.05) is 40.3 Å². The van der Waals surface area contributed by atoms with Crippen LogP contribution >= 0.6 is 0 Å². The first-order chi connectivity index (χ1) is 6.55. The van der Waals surface area contributed by atoms with Crippen molar-refractivity contribution in [3.05, 3.63) is 0 Å². The summed E-state index contributed by atoms with van der Waals surface area (Å²) < 4.78 is 26.4. The predicted octanol–water partition coefficient (Wildman–Crippen LogP) is -0.522. The molecule has 1 fully saturated rings. The highest BCUT2D eigenvalue weighted by atomic mass is 32.2. The van der Waals surface area contributed by atoms with Gasteiger partial charge in [0.05, 0.1) is 0 Å². The van der Waals surface area contributed by atoms with Crippen LogP contribution in [0, 0.1) is 0 Å².